The van der Waals surface area contributed by atoms with Gasteiger partial charge in [0, 0.05) is 55.3 Å². The Balaban J connectivity index is 1.42. The van der Waals surface area contributed by atoms with E-state index < -0.39 is 0 Å². The zero-order chi connectivity index (χ0) is 19.5. The molecule has 4 rings (SSSR count). The molecule has 0 bridgehead atoms. The molecule has 2 heterocycles. The van der Waals surface area contributed by atoms with Crippen LogP contribution in [-0.4, -0.2) is 46.2 Å². The van der Waals surface area contributed by atoms with E-state index in [4.69, 9.17) is 0 Å². The maximum Gasteiger partial charge on any atom is 0.227 e. The fourth-order valence-electron chi connectivity index (χ4n) is 3.67. The number of hydrogen-bond donors (Lipinski definition) is 1. The van der Waals surface area contributed by atoms with E-state index >= 15 is 0 Å². The lowest BCUT2D eigenvalue weighted by molar-refractivity contribution is -0.130. The number of nitrogens with zero attached hydrogens (tertiary/aromatic N) is 2. The molecule has 1 aliphatic rings. The number of carbonyl (C=O) groups excluding carboxylic acids is 2. The highest BCUT2D eigenvalue weighted by Gasteiger charge is 2.25. The lowest BCUT2D eigenvalue weighted by atomic mass is 10.1. The van der Waals surface area contributed by atoms with Crippen molar-refractivity contribution in [2.45, 2.75) is 19.4 Å². The Kier molecular flexibility index (Phi) is 5.10. The van der Waals surface area contributed by atoms with Gasteiger partial charge in [-0.25, -0.2) is 4.39 Å². The Morgan fingerprint density at radius 3 is 2.64 bits per heavy atom. The van der Waals surface area contributed by atoms with Gasteiger partial charge in [-0.2, -0.15) is 0 Å². The molecule has 1 saturated heterocycles. The van der Waals surface area contributed by atoms with Crippen LogP contribution < -0.4 is 0 Å². The standard InChI is InChI=1S/C22H22FN3O2/c23-19-7-3-1-5-16(19)15-26-12-11-25(10-9-21(26)27)22(28)13-17-14-24-20-8-4-2-6-18(17)20/h1-8,14,24H,9-13,15H2. The molecule has 2 aromatic carbocycles. The van der Waals surface area contributed by atoms with Gasteiger partial charge >= 0.3 is 0 Å². The van der Waals surface area contributed by atoms with Gasteiger partial charge in [0.05, 0.1) is 6.42 Å². The second-order valence-electron chi connectivity index (χ2n) is 7.07. The first-order valence-corrected chi connectivity index (χ1v) is 9.46. The van der Waals surface area contributed by atoms with E-state index in [-0.39, 0.29) is 30.6 Å². The summed E-state index contributed by atoms with van der Waals surface area (Å²) in [5.41, 5.74) is 2.46. The van der Waals surface area contributed by atoms with Crippen LogP contribution in [0.4, 0.5) is 4.39 Å². The van der Waals surface area contributed by atoms with Crippen LogP contribution in [0.5, 0.6) is 0 Å². The summed E-state index contributed by atoms with van der Waals surface area (Å²) >= 11 is 0. The third-order valence-corrected chi connectivity index (χ3v) is 5.28. The molecule has 0 radical (unpaired) electrons. The first-order valence-electron chi connectivity index (χ1n) is 9.46. The Morgan fingerprint density at radius 1 is 1.00 bits per heavy atom. The summed E-state index contributed by atoms with van der Waals surface area (Å²) in [6, 6.07) is 14.4. The smallest absolute Gasteiger partial charge is 0.227 e. The van der Waals surface area contributed by atoms with E-state index in [1.54, 1.807) is 28.0 Å². The number of halogens is 1. The summed E-state index contributed by atoms with van der Waals surface area (Å²) in [6.07, 6.45) is 2.43. The van der Waals surface area contributed by atoms with Gasteiger partial charge in [-0.3, -0.25) is 9.59 Å². The van der Waals surface area contributed by atoms with Crippen molar-refractivity contribution in [2.75, 3.05) is 19.6 Å². The topological polar surface area (TPSA) is 56.4 Å². The fraction of sp³-hybridized carbons (Fsp3) is 0.273. The molecular weight excluding hydrogens is 357 g/mol. The second kappa shape index (κ2) is 7.84. The van der Waals surface area contributed by atoms with Crippen molar-refractivity contribution in [3.8, 4) is 0 Å². The summed E-state index contributed by atoms with van der Waals surface area (Å²) in [7, 11) is 0. The minimum absolute atomic E-state index is 0.00490. The molecule has 0 unspecified atom stereocenters. The van der Waals surface area contributed by atoms with Gasteiger partial charge in [0.2, 0.25) is 11.8 Å². The number of aromatic amines is 1. The number of benzene rings is 2. The molecule has 144 valence electrons. The lowest BCUT2D eigenvalue weighted by Crippen LogP contribution is -2.36. The predicted octanol–water partition coefficient (Wildman–Crippen LogP) is 3.11. The summed E-state index contributed by atoms with van der Waals surface area (Å²) < 4.78 is 13.9. The molecule has 1 N–H and O–H groups in total. The van der Waals surface area contributed by atoms with E-state index in [2.05, 4.69) is 4.98 Å². The van der Waals surface area contributed by atoms with Gasteiger partial charge in [0.1, 0.15) is 5.82 Å². The molecule has 0 saturated carbocycles. The maximum absolute atomic E-state index is 13.9. The van der Waals surface area contributed by atoms with E-state index in [1.807, 2.05) is 30.5 Å². The van der Waals surface area contributed by atoms with Crippen LogP contribution in [-0.2, 0) is 22.6 Å². The monoisotopic (exact) mass is 379 g/mol. The van der Waals surface area contributed by atoms with E-state index in [0.717, 1.165) is 16.5 Å². The highest BCUT2D eigenvalue weighted by Crippen LogP contribution is 2.19. The van der Waals surface area contributed by atoms with Crippen molar-refractivity contribution >= 4 is 22.7 Å². The first kappa shape index (κ1) is 18.2. The van der Waals surface area contributed by atoms with Crippen LogP contribution in [0, 0.1) is 5.82 Å². The van der Waals surface area contributed by atoms with Crippen molar-refractivity contribution in [3.05, 3.63) is 71.7 Å². The molecule has 3 aromatic rings. The number of aromatic nitrogens is 1. The van der Waals surface area contributed by atoms with E-state index in [9.17, 15) is 14.0 Å². The normalized spacial score (nSPS) is 15.1. The van der Waals surface area contributed by atoms with Gasteiger partial charge in [-0.15, -0.1) is 0 Å². The largest absolute Gasteiger partial charge is 0.361 e. The molecule has 1 aromatic heterocycles. The SMILES string of the molecule is O=C(Cc1c[nH]c2ccccc12)N1CCC(=O)N(Cc2ccccc2F)CC1. The fourth-order valence-corrected chi connectivity index (χ4v) is 3.67. The van der Waals surface area contributed by atoms with Gasteiger partial charge in [-0.1, -0.05) is 36.4 Å². The molecule has 0 atom stereocenters. The molecule has 5 nitrogen and oxygen atoms in total. The molecule has 28 heavy (non-hydrogen) atoms. The first-order chi connectivity index (χ1) is 13.6. The summed E-state index contributed by atoms with van der Waals surface area (Å²) in [5.74, 6) is -0.359. The summed E-state index contributed by atoms with van der Waals surface area (Å²) in [4.78, 5) is 31.8. The molecule has 1 fully saturated rings. The van der Waals surface area contributed by atoms with Gasteiger partial charge in [0.25, 0.3) is 0 Å². The van der Waals surface area contributed by atoms with Crippen LogP contribution in [0.25, 0.3) is 10.9 Å². The number of rotatable bonds is 4. The number of amides is 2. The maximum atomic E-state index is 13.9. The Morgan fingerprint density at radius 2 is 1.79 bits per heavy atom. The third-order valence-electron chi connectivity index (χ3n) is 5.28. The number of hydrogen-bond acceptors (Lipinski definition) is 2. The van der Waals surface area contributed by atoms with Gasteiger partial charge in [0.15, 0.2) is 0 Å². The van der Waals surface area contributed by atoms with Gasteiger partial charge < -0.3 is 14.8 Å². The van der Waals surface area contributed by atoms with Crippen molar-refractivity contribution in [1.82, 2.24) is 14.8 Å². The van der Waals surface area contributed by atoms with Crippen LogP contribution in [0.15, 0.2) is 54.7 Å². The second-order valence-corrected chi connectivity index (χ2v) is 7.07. The lowest BCUT2D eigenvalue weighted by Gasteiger charge is -2.22. The van der Waals surface area contributed by atoms with Crippen LogP contribution in [0.1, 0.15) is 17.5 Å². The number of carbonyl (C=O) groups is 2. The van der Waals surface area contributed by atoms with Crippen LogP contribution in [0.2, 0.25) is 0 Å². The third kappa shape index (κ3) is 3.76. The Hall–Kier alpha value is -3.15. The van der Waals surface area contributed by atoms with Crippen LogP contribution >= 0.6 is 0 Å². The highest BCUT2D eigenvalue weighted by atomic mass is 19.1. The van der Waals surface area contributed by atoms with Crippen molar-refractivity contribution in [1.29, 1.82) is 0 Å². The van der Waals surface area contributed by atoms with E-state index in [1.165, 1.54) is 6.07 Å². The van der Waals surface area contributed by atoms with E-state index in [0.29, 0.717) is 31.6 Å². The average Bonchev–Trinajstić information content (AvgIpc) is 3.01. The molecule has 2 amide bonds. The number of para-hydroxylation sites is 1. The van der Waals surface area contributed by atoms with Crippen molar-refractivity contribution in [2.24, 2.45) is 0 Å². The van der Waals surface area contributed by atoms with Gasteiger partial charge in [-0.05, 0) is 17.7 Å². The number of fused-ring (bicyclic) bond motifs is 1. The average molecular weight is 379 g/mol. The summed E-state index contributed by atoms with van der Waals surface area (Å²) in [5, 5.41) is 1.04. The summed E-state index contributed by atoms with van der Waals surface area (Å²) in [6.45, 7) is 1.50. The highest BCUT2D eigenvalue weighted by molar-refractivity contribution is 5.89. The molecular formula is C22H22FN3O2. The predicted molar refractivity (Wildman–Crippen MR) is 105 cm³/mol. The molecule has 0 aliphatic carbocycles. The van der Waals surface area contributed by atoms with Crippen LogP contribution in [0.3, 0.4) is 0 Å². The molecule has 0 spiro atoms. The molecule has 1 aliphatic heterocycles. The number of H-pyrrole nitrogens is 1. The zero-order valence-corrected chi connectivity index (χ0v) is 15.5. The Labute approximate surface area is 162 Å². The Bertz CT molecular complexity index is 1010. The minimum atomic E-state index is -0.313. The molecule has 6 heteroatoms. The van der Waals surface area contributed by atoms with Crippen molar-refractivity contribution < 1.29 is 14.0 Å². The minimum Gasteiger partial charge on any atom is -0.361 e. The van der Waals surface area contributed by atoms with Crippen molar-refractivity contribution in [3.63, 3.8) is 0 Å². The number of nitrogens with one attached hydrogen (secondary N) is 1. The zero-order valence-electron chi connectivity index (χ0n) is 15.5. The quantitative estimate of drug-likeness (QED) is 0.757.